The van der Waals surface area contributed by atoms with Gasteiger partial charge in [0.2, 0.25) is 25.1 Å². The zero-order valence-electron chi connectivity index (χ0n) is 25.8. The molecule has 12 heteroatoms. The lowest BCUT2D eigenvalue weighted by Gasteiger charge is -2.26. The average molecular weight is 712 g/mol. The standard InChI is InChI=1S/C34H40BrN4O6P/c1-23(2)19-29(34(43)38-28(32(36)41)18-9-15-24-11-5-3-6-12-24)37-30(40)22-46(44,45)31(20-25-13-7-4-8-14-25)39-33(42)26-16-10-17-27(35)21-26/h3-17,21,23,28-29,31H,18-20,22H2,1-2H3,(H2,36,41)(H,37,40)(H,38,43)(H,39,42)(H,44,45)/b15-9+/t28-,29-,31?/m0/s1. The van der Waals surface area contributed by atoms with Crippen molar-refractivity contribution in [3.8, 4) is 0 Å². The SMILES string of the molecule is CC(C)C[C@H](NC(=O)CP(=O)(O)C(Cc1ccccc1)NC(=O)c1cccc(Br)c1)C(=O)N[C@@H](C/C=C/c1ccccc1)C(N)=O. The molecule has 0 aliphatic carbocycles. The van der Waals surface area contributed by atoms with Gasteiger partial charge in [0.15, 0.2) is 0 Å². The van der Waals surface area contributed by atoms with Crippen molar-refractivity contribution in [2.24, 2.45) is 11.7 Å². The Morgan fingerprint density at radius 3 is 2.15 bits per heavy atom. The monoisotopic (exact) mass is 710 g/mol. The Balaban J connectivity index is 1.73. The molecule has 0 aromatic heterocycles. The molecule has 3 rings (SSSR count). The number of benzene rings is 3. The molecular weight excluding hydrogens is 671 g/mol. The van der Waals surface area contributed by atoms with Gasteiger partial charge < -0.3 is 26.6 Å². The van der Waals surface area contributed by atoms with Crippen molar-refractivity contribution in [3.63, 3.8) is 0 Å². The Morgan fingerprint density at radius 2 is 1.54 bits per heavy atom. The molecule has 0 spiro atoms. The fourth-order valence-corrected chi connectivity index (χ4v) is 6.62. The summed E-state index contributed by atoms with van der Waals surface area (Å²) >= 11 is 3.32. The van der Waals surface area contributed by atoms with Gasteiger partial charge in [0.05, 0.1) is 0 Å². The smallest absolute Gasteiger partial charge is 0.252 e. The van der Waals surface area contributed by atoms with Crippen LogP contribution in [0.5, 0.6) is 0 Å². The van der Waals surface area contributed by atoms with Gasteiger partial charge in [-0.2, -0.15) is 0 Å². The summed E-state index contributed by atoms with van der Waals surface area (Å²) in [5.74, 6) is -4.15. The lowest BCUT2D eigenvalue weighted by Crippen LogP contribution is -2.53. The summed E-state index contributed by atoms with van der Waals surface area (Å²) in [6.07, 6.45) is 3.00. The van der Waals surface area contributed by atoms with Crippen molar-refractivity contribution in [1.29, 1.82) is 0 Å². The third kappa shape index (κ3) is 12.0. The normalized spacial score (nSPS) is 14.5. The van der Waals surface area contributed by atoms with Gasteiger partial charge in [-0.1, -0.05) is 109 Å². The first kappa shape index (κ1) is 36.4. The van der Waals surface area contributed by atoms with Crippen LogP contribution in [-0.4, -0.2) is 52.6 Å². The summed E-state index contributed by atoms with van der Waals surface area (Å²) in [6.45, 7) is 3.70. The first-order valence-electron chi connectivity index (χ1n) is 14.9. The number of rotatable bonds is 16. The zero-order valence-corrected chi connectivity index (χ0v) is 28.2. The van der Waals surface area contributed by atoms with Gasteiger partial charge in [-0.15, -0.1) is 0 Å². The van der Waals surface area contributed by atoms with Crippen molar-refractivity contribution in [2.75, 3.05) is 6.16 Å². The Kier molecular flexibility index (Phi) is 13.9. The van der Waals surface area contributed by atoms with Gasteiger partial charge in [-0.3, -0.25) is 23.7 Å². The molecule has 0 saturated heterocycles. The van der Waals surface area contributed by atoms with E-state index in [9.17, 15) is 28.6 Å². The van der Waals surface area contributed by atoms with E-state index in [2.05, 4.69) is 31.9 Å². The summed E-state index contributed by atoms with van der Waals surface area (Å²) < 4.78 is 14.4. The molecule has 4 atom stereocenters. The second-order valence-electron chi connectivity index (χ2n) is 11.4. The van der Waals surface area contributed by atoms with E-state index in [-0.39, 0.29) is 30.7 Å². The molecule has 0 saturated carbocycles. The highest BCUT2D eigenvalue weighted by atomic mass is 79.9. The van der Waals surface area contributed by atoms with Crippen LogP contribution in [0.4, 0.5) is 0 Å². The molecule has 0 heterocycles. The minimum atomic E-state index is -4.39. The molecule has 0 aliphatic heterocycles. The number of hydrogen-bond donors (Lipinski definition) is 5. The summed E-state index contributed by atoms with van der Waals surface area (Å²) in [7, 11) is -4.39. The highest BCUT2D eigenvalue weighted by Gasteiger charge is 2.36. The number of hydrogen-bond acceptors (Lipinski definition) is 5. The average Bonchev–Trinajstić information content (AvgIpc) is 3.00. The minimum absolute atomic E-state index is 0.00561. The summed E-state index contributed by atoms with van der Waals surface area (Å²) in [5.41, 5.74) is 7.42. The number of halogens is 1. The van der Waals surface area contributed by atoms with Crippen LogP contribution >= 0.6 is 23.3 Å². The maximum absolute atomic E-state index is 13.7. The van der Waals surface area contributed by atoms with Crippen LogP contribution in [0.1, 0.15) is 48.2 Å². The first-order valence-corrected chi connectivity index (χ1v) is 17.6. The van der Waals surface area contributed by atoms with E-state index in [0.717, 1.165) is 5.56 Å². The van der Waals surface area contributed by atoms with Crippen LogP contribution in [0.3, 0.4) is 0 Å². The third-order valence-electron chi connectivity index (χ3n) is 7.01. The lowest BCUT2D eigenvalue weighted by molar-refractivity contribution is -0.131. The van der Waals surface area contributed by atoms with E-state index in [4.69, 9.17) is 5.73 Å². The van der Waals surface area contributed by atoms with E-state index in [1.165, 1.54) is 0 Å². The van der Waals surface area contributed by atoms with Gasteiger partial charge in [0, 0.05) is 16.5 Å². The number of primary amides is 1. The number of nitrogens with two attached hydrogens (primary N) is 1. The predicted octanol–water partition coefficient (Wildman–Crippen LogP) is 4.62. The van der Waals surface area contributed by atoms with Crippen molar-refractivity contribution in [3.05, 3.63) is 112 Å². The van der Waals surface area contributed by atoms with Crippen LogP contribution in [0.15, 0.2) is 95.5 Å². The van der Waals surface area contributed by atoms with Gasteiger partial charge >= 0.3 is 0 Å². The first-order chi connectivity index (χ1) is 21.8. The van der Waals surface area contributed by atoms with Gasteiger partial charge in [0.25, 0.3) is 5.91 Å². The van der Waals surface area contributed by atoms with Crippen LogP contribution in [0, 0.1) is 5.92 Å². The summed E-state index contributed by atoms with van der Waals surface area (Å²) in [5, 5.41) is 7.82. The Bertz CT molecular complexity index is 1570. The Hall–Kier alpha value is -4.05. The molecule has 10 nitrogen and oxygen atoms in total. The van der Waals surface area contributed by atoms with Crippen LogP contribution in [0.2, 0.25) is 0 Å². The van der Waals surface area contributed by atoms with E-state index in [1.807, 2.05) is 44.2 Å². The largest absolute Gasteiger partial charge is 0.368 e. The molecule has 6 N–H and O–H groups in total. The van der Waals surface area contributed by atoms with Crippen molar-refractivity contribution in [2.45, 2.75) is 51.0 Å². The Morgan fingerprint density at radius 1 is 0.891 bits per heavy atom. The molecule has 0 fully saturated rings. The molecule has 0 aliphatic rings. The third-order valence-corrected chi connectivity index (χ3v) is 9.53. The van der Waals surface area contributed by atoms with Crippen LogP contribution < -0.4 is 21.7 Å². The van der Waals surface area contributed by atoms with Gasteiger partial charge in [-0.25, -0.2) is 0 Å². The van der Waals surface area contributed by atoms with Gasteiger partial charge in [0.1, 0.15) is 24.0 Å². The highest BCUT2D eigenvalue weighted by molar-refractivity contribution is 9.10. The Labute approximate surface area is 277 Å². The van der Waals surface area contributed by atoms with E-state index >= 15 is 0 Å². The highest BCUT2D eigenvalue weighted by Crippen LogP contribution is 2.46. The van der Waals surface area contributed by atoms with Crippen molar-refractivity contribution < 1.29 is 28.6 Å². The molecule has 3 aromatic carbocycles. The second-order valence-corrected chi connectivity index (χ2v) is 14.7. The predicted molar refractivity (Wildman–Crippen MR) is 183 cm³/mol. The van der Waals surface area contributed by atoms with E-state index in [0.29, 0.717) is 10.0 Å². The number of carbonyl (C=O) groups is 4. The quantitative estimate of drug-likeness (QED) is 0.136. The topological polar surface area (TPSA) is 168 Å². The molecule has 3 aromatic rings. The van der Waals surface area contributed by atoms with Crippen LogP contribution in [0.25, 0.3) is 6.08 Å². The molecule has 0 radical (unpaired) electrons. The molecule has 4 amide bonds. The van der Waals surface area contributed by atoms with Crippen LogP contribution in [-0.2, 0) is 25.4 Å². The second kappa shape index (κ2) is 17.6. The lowest BCUT2D eigenvalue weighted by atomic mass is 10.0. The molecular formula is C34H40BrN4O6P. The fourth-order valence-electron chi connectivity index (χ4n) is 4.68. The van der Waals surface area contributed by atoms with Gasteiger partial charge in [-0.05, 0) is 48.1 Å². The fraction of sp³-hybridized carbons (Fsp3) is 0.294. The molecule has 0 bridgehead atoms. The summed E-state index contributed by atoms with van der Waals surface area (Å²) in [4.78, 5) is 62.9. The number of nitrogens with one attached hydrogen (secondary N) is 3. The maximum atomic E-state index is 13.7. The maximum Gasteiger partial charge on any atom is 0.252 e. The van der Waals surface area contributed by atoms with Crippen molar-refractivity contribution >= 4 is 53.0 Å². The number of amides is 4. The van der Waals surface area contributed by atoms with Crippen molar-refractivity contribution in [1.82, 2.24) is 16.0 Å². The zero-order chi connectivity index (χ0) is 33.7. The molecule has 244 valence electrons. The molecule has 2 unspecified atom stereocenters. The number of carbonyl (C=O) groups excluding carboxylic acids is 4. The minimum Gasteiger partial charge on any atom is -0.368 e. The van der Waals surface area contributed by atoms with E-state index < -0.39 is 55.0 Å². The summed E-state index contributed by atoms with van der Waals surface area (Å²) in [6, 6.07) is 22.7. The van der Waals surface area contributed by atoms with E-state index in [1.54, 1.807) is 66.7 Å². The molecule has 46 heavy (non-hydrogen) atoms.